The van der Waals surface area contributed by atoms with E-state index in [9.17, 15) is 19.5 Å². The van der Waals surface area contributed by atoms with Gasteiger partial charge >= 0.3 is 20.1 Å². The van der Waals surface area contributed by atoms with E-state index in [-0.39, 0.29) is 0 Å². The monoisotopic (exact) mass is 810 g/mol. The molecule has 0 saturated heterocycles. The molecular formula is C27H24Cl6N2O6S4. The number of carbonyl (C=O) groups is 3. The molecule has 0 bridgehead atoms. The standard InChI is InChI=1S/C24H24N2O3S4.C3Cl6O3/c1-31-13-11-21(23(28)29)26-22(27)19-10-9-17(14-20(19)16-6-3-2-4-7-16)33-24(30)25-15-18-8-5-12-32-18;4-2(5,6)11-1(10)12-3(7,8)9/h2-10,12,14,21H,11,13,15H2,1H3,(H,25,30)(H,26,27)(H,28,29);/t21-;/m0./s1. The smallest absolute Gasteiger partial charge is 0.480 e. The summed E-state index contributed by atoms with van der Waals surface area (Å²) in [4.78, 5) is 37.3. The second-order valence-corrected chi connectivity index (χ2v) is 16.5. The highest BCUT2D eigenvalue weighted by Gasteiger charge is 2.32. The third-order valence-corrected chi connectivity index (χ3v) is 8.33. The number of hydrogen-bond donors (Lipinski definition) is 3. The van der Waals surface area contributed by atoms with Crippen LogP contribution in [-0.4, -0.2) is 53.5 Å². The van der Waals surface area contributed by atoms with Crippen LogP contribution in [-0.2, 0) is 20.8 Å². The van der Waals surface area contributed by atoms with E-state index in [0.29, 0.717) is 28.6 Å². The molecule has 0 spiro atoms. The van der Waals surface area contributed by atoms with Crippen molar-refractivity contribution < 1.29 is 29.0 Å². The zero-order chi connectivity index (χ0) is 33.6. The van der Waals surface area contributed by atoms with E-state index in [0.717, 1.165) is 16.0 Å². The minimum Gasteiger partial charge on any atom is -0.480 e. The van der Waals surface area contributed by atoms with Crippen molar-refractivity contribution in [3.63, 3.8) is 0 Å². The zero-order valence-electron chi connectivity index (χ0n) is 22.9. The molecule has 8 nitrogen and oxygen atoms in total. The van der Waals surface area contributed by atoms with Gasteiger partial charge in [-0.25, -0.2) is 9.59 Å². The highest BCUT2D eigenvalue weighted by molar-refractivity contribution is 8.23. The molecule has 3 rings (SSSR count). The fraction of sp³-hybridized carbons (Fsp3) is 0.259. The minimum atomic E-state index is -2.24. The van der Waals surface area contributed by atoms with Gasteiger partial charge in [-0.05, 0) is 129 Å². The van der Waals surface area contributed by atoms with Crippen LogP contribution in [0, 0.1) is 0 Å². The molecule has 0 unspecified atom stereocenters. The second kappa shape index (κ2) is 19.5. The molecule has 244 valence electrons. The lowest BCUT2D eigenvalue weighted by Crippen LogP contribution is -2.41. The molecule has 18 heteroatoms. The summed E-state index contributed by atoms with van der Waals surface area (Å²) in [5.41, 5.74) is 2.03. The molecule has 0 aliphatic rings. The third kappa shape index (κ3) is 16.4. The third-order valence-electron chi connectivity index (χ3n) is 5.13. The summed E-state index contributed by atoms with van der Waals surface area (Å²) in [7, 11) is 0. The van der Waals surface area contributed by atoms with Gasteiger partial charge in [-0.15, -0.1) is 11.3 Å². The quantitative estimate of drug-likeness (QED) is 0.0793. The number of ether oxygens (including phenoxy) is 2. The van der Waals surface area contributed by atoms with Crippen LogP contribution in [0.3, 0.4) is 0 Å². The van der Waals surface area contributed by atoms with Crippen molar-refractivity contribution in [2.45, 2.75) is 31.9 Å². The predicted octanol–water partition coefficient (Wildman–Crippen LogP) is 9.31. The summed E-state index contributed by atoms with van der Waals surface area (Å²) >= 11 is 40.3. The average molecular weight is 813 g/mol. The molecule has 0 radical (unpaired) electrons. The molecule has 0 fully saturated rings. The van der Waals surface area contributed by atoms with E-state index in [1.165, 1.54) is 16.6 Å². The fourth-order valence-corrected chi connectivity index (χ4v) is 5.82. The Morgan fingerprint density at radius 2 is 1.62 bits per heavy atom. The lowest BCUT2D eigenvalue weighted by Gasteiger charge is -2.17. The Balaban J connectivity index is 0.000000498. The van der Waals surface area contributed by atoms with Gasteiger partial charge in [0.1, 0.15) is 10.4 Å². The van der Waals surface area contributed by atoms with Crippen molar-refractivity contribution in [3.8, 4) is 11.1 Å². The number of aliphatic carboxylic acids is 1. The molecule has 1 atom stereocenters. The fourth-order valence-electron chi connectivity index (χ4n) is 3.30. The predicted molar refractivity (Wildman–Crippen MR) is 192 cm³/mol. The van der Waals surface area contributed by atoms with Gasteiger partial charge in [-0.1, -0.05) is 60.4 Å². The highest BCUT2D eigenvalue weighted by Crippen LogP contribution is 2.32. The maximum Gasteiger partial charge on any atom is 0.515 e. The summed E-state index contributed by atoms with van der Waals surface area (Å²) in [5.74, 6) is -0.792. The van der Waals surface area contributed by atoms with Crippen LogP contribution in [0.25, 0.3) is 11.1 Å². The van der Waals surface area contributed by atoms with Crippen molar-refractivity contribution in [2.75, 3.05) is 12.0 Å². The van der Waals surface area contributed by atoms with Gasteiger partial charge < -0.3 is 25.2 Å². The van der Waals surface area contributed by atoms with Crippen LogP contribution >= 0.6 is 117 Å². The summed E-state index contributed by atoms with van der Waals surface area (Å²) < 4.78 is 4.15. The number of alkyl halides is 6. The van der Waals surface area contributed by atoms with Crippen LogP contribution in [0.5, 0.6) is 0 Å². The van der Waals surface area contributed by atoms with Crippen LogP contribution in [0.15, 0.2) is 70.9 Å². The Bertz CT molecular complexity index is 1410. The van der Waals surface area contributed by atoms with Crippen LogP contribution in [0.1, 0.15) is 21.7 Å². The largest absolute Gasteiger partial charge is 0.515 e. The zero-order valence-corrected chi connectivity index (χ0v) is 30.7. The molecule has 1 aromatic heterocycles. The highest BCUT2D eigenvalue weighted by atomic mass is 35.6. The number of carboxylic acid groups (broad SMARTS) is 1. The molecule has 3 aromatic rings. The Labute approximate surface area is 307 Å². The van der Waals surface area contributed by atoms with Gasteiger partial charge in [0.05, 0.1) is 6.54 Å². The molecule has 45 heavy (non-hydrogen) atoms. The van der Waals surface area contributed by atoms with Crippen LogP contribution < -0.4 is 10.6 Å². The maximum absolute atomic E-state index is 13.1. The SMILES string of the molecule is CSCC[C@H](NC(=O)c1ccc(SC(=S)NCc2cccs2)cc1-c1ccccc1)C(=O)O.O=C(OC(Cl)(Cl)Cl)OC(Cl)(Cl)Cl. The summed E-state index contributed by atoms with van der Waals surface area (Å²) in [6.45, 7) is 0.669. The van der Waals surface area contributed by atoms with Gasteiger partial charge in [0.2, 0.25) is 0 Å². The van der Waals surface area contributed by atoms with E-state index in [1.54, 1.807) is 29.2 Å². The Morgan fingerprint density at radius 1 is 0.978 bits per heavy atom. The molecule has 3 N–H and O–H groups in total. The van der Waals surface area contributed by atoms with E-state index < -0.39 is 32.0 Å². The number of benzene rings is 2. The lowest BCUT2D eigenvalue weighted by atomic mass is 9.99. The normalized spacial score (nSPS) is 11.8. The second-order valence-electron chi connectivity index (χ2n) is 8.39. The van der Waals surface area contributed by atoms with Crippen molar-refractivity contribution in [2.24, 2.45) is 0 Å². The topological polar surface area (TPSA) is 114 Å². The number of halogens is 6. The van der Waals surface area contributed by atoms with E-state index in [1.807, 2.05) is 60.2 Å². The number of nitrogens with one attached hydrogen (secondary N) is 2. The van der Waals surface area contributed by atoms with Gasteiger partial charge in [-0.3, -0.25) is 4.79 Å². The van der Waals surface area contributed by atoms with E-state index >= 15 is 0 Å². The number of carboxylic acids is 1. The van der Waals surface area contributed by atoms with E-state index in [2.05, 4.69) is 26.2 Å². The summed E-state index contributed by atoms with van der Waals surface area (Å²) in [6.07, 6.45) is 0.862. The lowest BCUT2D eigenvalue weighted by molar-refractivity contribution is -0.139. The van der Waals surface area contributed by atoms with Crippen molar-refractivity contribution in [1.82, 2.24) is 10.6 Å². The molecule has 1 heterocycles. The number of rotatable bonds is 10. The number of carbonyl (C=O) groups excluding carboxylic acids is 2. The van der Waals surface area contributed by atoms with Gasteiger partial charge in [-0.2, -0.15) is 11.8 Å². The Kier molecular flexibility index (Phi) is 17.3. The van der Waals surface area contributed by atoms with Gasteiger partial charge in [0.25, 0.3) is 5.91 Å². The first-order chi connectivity index (χ1) is 21.1. The minimum absolute atomic E-state index is 0.362. The first-order valence-corrected chi connectivity index (χ1v) is 18.1. The van der Waals surface area contributed by atoms with E-state index in [4.69, 9.17) is 81.8 Å². The maximum atomic E-state index is 13.1. The van der Waals surface area contributed by atoms with Gasteiger partial charge in [0, 0.05) is 15.3 Å². The first kappa shape index (κ1) is 39.9. The van der Waals surface area contributed by atoms with Crippen LogP contribution in [0.2, 0.25) is 0 Å². The molecule has 2 aromatic carbocycles. The molecule has 1 amide bonds. The molecule has 0 saturated carbocycles. The summed E-state index contributed by atoms with van der Waals surface area (Å²) in [5, 5.41) is 17.4. The number of hydrogen-bond acceptors (Lipinski definition) is 9. The molecule has 0 aliphatic carbocycles. The molecular weight excluding hydrogens is 789 g/mol. The number of amides is 1. The Morgan fingerprint density at radius 3 is 2.16 bits per heavy atom. The first-order valence-electron chi connectivity index (χ1n) is 12.3. The number of thiophene rings is 1. The summed E-state index contributed by atoms with van der Waals surface area (Å²) in [6, 6.07) is 18.2. The number of thioether (sulfide) groups is 2. The van der Waals surface area contributed by atoms with Gasteiger partial charge in [0.15, 0.2) is 0 Å². The van der Waals surface area contributed by atoms with Crippen LogP contribution in [0.4, 0.5) is 4.79 Å². The number of thiocarbonyl (C=S) groups is 1. The van der Waals surface area contributed by atoms with Crippen molar-refractivity contribution in [1.29, 1.82) is 0 Å². The molecule has 0 aliphatic heterocycles. The van der Waals surface area contributed by atoms with Crippen molar-refractivity contribution >= 4 is 139 Å². The van der Waals surface area contributed by atoms with Crippen molar-refractivity contribution in [3.05, 3.63) is 76.5 Å². The average Bonchev–Trinajstić information content (AvgIpc) is 3.46. The Hall–Kier alpha value is -1.32.